The van der Waals surface area contributed by atoms with Gasteiger partial charge in [-0.2, -0.15) is 0 Å². The Morgan fingerprint density at radius 2 is 1.89 bits per heavy atom. The first-order chi connectivity index (χ1) is 13.0. The number of amides is 2. The Bertz CT molecular complexity index is 785. The van der Waals surface area contributed by atoms with Gasteiger partial charge < -0.3 is 10.6 Å². The summed E-state index contributed by atoms with van der Waals surface area (Å²) in [5.74, 6) is 0.546. The number of aryl methyl sites for hydroxylation is 2. The molecule has 2 aromatic rings. The highest BCUT2D eigenvalue weighted by atomic mass is 79.9. The van der Waals surface area contributed by atoms with E-state index in [1.807, 2.05) is 24.3 Å². The molecule has 3 rings (SSSR count). The molecule has 1 heterocycles. The minimum atomic E-state index is -0.139. The number of nitrogens with zero attached hydrogens (tertiary/aromatic N) is 1. The first-order valence-corrected chi connectivity index (χ1v) is 10.4. The quantitative estimate of drug-likeness (QED) is 0.693. The molecule has 27 heavy (non-hydrogen) atoms. The van der Waals surface area contributed by atoms with Gasteiger partial charge in [0.1, 0.15) is 0 Å². The van der Waals surface area contributed by atoms with Crippen LogP contribution in [0.3, 0.4) is 0 Å². The third-order valence-electron chi connectivity index (χ3n) is 5.28. The molecule has 2 aromatic carbocycles. The number of halogens is 1. The molecule has 0 spiro atoms. The third-order valence-corrected chi connectivity index (χ3v) is 5.97. The van der Waals surface area contributed by atoms with Gasteiger partial charge in [0.2, 0.25) is 0 Å². The number of piperidine rings is 1. The molecule has 0 bridgehead atoms. The SMILES string of the molecule is Cc1ccc(C)c(CN2CCC(CNC(=O)Nc3ccccc3Br)CC2)c1. The van der Waals surface area contributed by atoms with Crippen LogP contribution in [0, 0.1) is 19.8 Å². The van der Waals surface area contributed by atoms with Crippen molar-refractivity contribution in [3.05, 3.63) is 63.6 Å². The number of carbonyl (C=O) groups is 1. The second kappa shape index (κ2) is 9.38. The highest BCUT2D eigenvalue weighted by Gasteiger charge is 2.20. The molecule has 0 aliphatic carbocycles. The first-order valence-electron chi connectivity index (χ1n) is 9.59. The number of benzene rings is 2. The average Bonchev–Trinajstić information content (AvgIpc) is 2.66. The normalized spacial score (nSPS) is 15.5. The van der Waals surface area contributed by atoms with Gasteiger partial charge in [-0.15, -0.1) is 0 Å². The van der Waals surface area contributed by atoms with Crippen molar-refractivity contribution in [2.75, 3.05) is 25.0 Å². The van der Waals surface area contributed by atoms with Gasteiger partial charge in [0.05, 0.1) is 5.69 Å². The molecule has 144 valence electrons. The predicted molar refractivity (Wildman–Crippen MR) is 115 cm³/mol. The lowest BCUT2D eigenvalue weighted by atomic mass is 9.96. The summed E-state index contributed by atoms with van der Waals surface area (Å²) in [6.45, 7) is 8.27. The molecular formula is C22H28BrN3O. The van der Waals surface area contributed by atoms with E-state index in [4.69, 9.17) is 0 Å². The van der Waals surface area contributed by atoms with Gasteiger partial charge in [-0.25, -0.2) is 4.79 Å². The average molecular weight is 430 g/mol. The summed E-state index contributed by atoms with van der Waals surface area (Å²) < 4.78 is 0.889. The minimum Gasteiger partial charge on any atom is -0.338 e. The second-order valence-corrected chi connectivity index (χ2v) is 8.32. The number of urea groups is 1. The van der Waals surface area contributed by atoms with Crippen LogP contribution in [0.2, 0.25) is 0 Å². The minimum absolute atomic E-state index is 0.139. The summed E-state index contributed by atoms with van der Waals surface area (Å²) in [7, 11) is 0. The molecule has 2 N–H and O–H groups in total. The van der Waals surface area contributed by atoms with Gasteiger partial charge in [-0.3, -0.25) is 4.90 Å². The number of hydrogen-bond donors (Lipinski definition) is 2. The number of carbonyl (C=O) groups excluding carboxylic acids is 1. The van der Waals surface area contributed by atoms with Gasteiger partial charge in [0.15, 0.2) is 0 Å². The Kier molecular flexibility index (Phi) is 6.91. The molecule has 1 aliphatic rings. The lowest BCUT2D eigenvalue weighted by molar-refractivity contribution is 0.175. The lowest BCUT2D eigenvalue weighted by Crippen LogP contribution is -2.39. The largest absolute Gasteiger partial charge is 0.338 e. The maximum Gasteiger partial charge on any atom is 0.319 e. The van der Waals surface area contributed by atoms with Gasteiger partial charge in [-0.1, -0.05) is 35.9 Å². The maximum absolute atomic E-state index is 12.1. The molecule has 0 atom stereocenters. The summed E-state index contributed by atoms with van der Waals surface area (Å²) >= 11 is 3.45. The second-order valence-electron chi connectivity index (χ2n) is 7.46. The molecule has 5 heteroatoms. The standard InChI is InChI=1S/C22H28BrN3O/c1-16-7-8-17(2)19(13-16)15-26-11-9-18(10-12-26)14-24-22(27)25-21-6-4-3-5-20(21)23/h3-8,13,18H,9-12,14-15H2,1-2H3,(H2,24,25,27). The molecule has 1 fully saturated rings. The van der Waals surface area contributed by atoms with Crippen LogP contribution in [0.25, 0.3) is 0 Å². The summed E-state index contributed by atoms with van der Waals surface area (Å²) in [5, 5.41) is 5.92. The molecule has 0 unspecified atom stereocenters. The molecule has 0 radical (unpaired) electrons. The Balaban J connectivity index is 1.41. The zero-order valence-corrected chi connectivity index (χ0v) is 17.7. The van der Waals surface area contributed by atoms with E-state index in [0.717, 1.165) is 49.2 Å². The van der Waals surface area contributed by atoms with Gasteiger partial charge in [0.25, 0.3) is 0 Å². The number of para-hydroxylation sites is 1. The summed E-state index contributed by atoms with van der Waals surface area (Å²) in [4.78, 5) is 14.7. The topological polar surface area (TPSA) is 44.4 Å². The lowest BCUT2D eigenvalue weighted by Gasteiger charge is -2.32. The van der Waals surface area contributed by atoms with Crippen molar-refractivity contribution in [3.63, 3.8) is 0 Å². The van der Waals surface area contributed by atoms with Crippen LogP contribution in [-0.2, 0) is 6.54 Å². The van der Waals surface area contributed by atoms with Crippen LogP contribution in [0.4, 0.5) is 10.5 Å². The van der Waals surface area contributed by atoms with Crippen LogP contribution in [0.5, 0.6) is 0 Å². The van der Waals surface area contributed by atoms with E-state index in [1.54, 1.807) is 0 Å². The van der Waals surface area contributed by atoms with Crippen LogP contribution in [0.1, 0.15) is 29.5 Å². The van der Waals surface area contributed by atoms with Crippen LogP contribution in [0.15, 0.2) is 46.9 Å². The van der Waals surface area contributed by atoms with Crippen molar-refractivity contribution in [2.24, 2.45) is 5.92 Å². The fourth-order valence-corrected chi connectivity index (χ4v) is 3.91. The molecule has 1 aliphatic heterocycles. The van der Waals surface area contributed by atoms with E-state index in [0.29, 0.717) is 5.92 Å². The van der Waals surface area contributed by atoms with Gasteiger partial charge in [0, 0.05) is 17.6 Å². The fraction of sp³-hybridized carbons (Fsp3) is 0.409. The number of nitrogens with one attached hydrogen (secondary N) is 2. The molecule has 0 saturated carbocycles. The van der Waals surface area contributed by atoms with E-state index in [1.165, 1.54) is 16.7 Å². The monoisotopic (exact) mass is 429 g/mol. The van der Waals surface area contributed by atoms with Crippen LogP contribution in [-0.4, -0.2) is 30.6 Å². The van der Waals surface area contributed by atoms with Crippen molar-refractivity contribution in [2.45, 2.75) is 33.2 Å². The van der Waals surface area contributed by atoms with E-state index in [-0.39, 0.29) is 6.03 Å². The third kappa shape index (κ3) is 5.81. The van der Waals surface area contributed by atoms with E-state index in [9.17, 15) is 4.79 Å². The number of anilines is 1. The first kappa shape index (κ1) is 19.9. The van der Waals surface area contributed by atoms with E-state index < -0.39 is 0 Å². The highest BCUT2D eigenvalue weighted by Crippen LogP contribution is 2.22. The predicted octanol–water partition coefficient (Wildman–Crippen LogP) is 5.10. The Hall–Kier alpha value is -1.85. The Morgan fingerprint density at radius 1 is 1.15 bits per heavy atom. The summed E-state index contributed by atoms with van der Waals surface area (Å²) in [5.41, 5.74) is 4.91. The van der Waals surface area contributed by atoms with Gasteiger partial charge >= 0.3 is 6.03 Å². The summed E-state index contributed by atoms with van der Waals surface area (Å²) in [6, 6.07) is 14.2. The molecule has 4 nitrogen and oxygen atoms in total. The number of likely N-dealkylation sites (tertiary alicyclic amines) is 1. The van der Waals surface area contributed by atoms with Crippen molar-refractivity contribution in [1.82, 2.24) is 10.2 Å². The van der Waals surface area contributed by atoms with E-state index >= 15 is 0 Å². The summed E-state index contributed by atoms with van der Waals surface area (Å²) in [6.07, 6.45) is 2.25. The molecular weight excluding hydrogens is 402 g/mol. The molecule has 2 amide bonds. The maximum atomic E-state index is 12.1. The molecule has 1 saturated heterocycles. The van der Waals surface area contributed by atoms with Crippen LogP contribution < -0.4 is 10.6 Å². The molecule has 0 aromatic heterocycles. The van der Waals surface area contributed by atoms with Crippen molar-refractivity contribution >= 4 is 27.6 Å². The van der Waals surface area contributed by atoms with E-state index in [2.05, 4.69) is 63.5 Å². The number of hydrogen-bond acceptors (Lipinski definition) is 2. The van der Waals surface area contributed by atoms with Crippen LogP contribution >= 0.6 is 15.9 Å². The van der Waals surface area contributed by atoms with Gasteiger partial charge in [-0.05, 0) is 84.9 Å². The highest BCUT2D eigenvalue weighted by molar-refractivity contribution is 9.10. The zero-order chi connectivity index (χ0) is 19.2. The Labute approximate surface area is 170 Å². The fourth-order valence-electron chi connectivity index (χ4n) is 3.53. The number of rotatable bonds is 5. The van der Waals surface area contributed by atoms with Crippen molar-refractivity contribution in [1.29, 1.82) is 0 Å². The zero-order valence-electron chi connectivity index (χ0n) is 16.1. The van der Waals surface area contributed by atoms with Crippen molar-refractivity contribution < 1.29 is 4.79 Å². The van der Waals surface area contributed by atoms with Crippen molar-refractivity contribution in [3.8, 4) is 0 Å². The Morgan fingerprint density at radius 3 is 2.63 bits per heavy atom. The smallest absolute Gasteiger partial charge is 0.319 e.